The van der Waals surface area contributed by atoms with Crippen molar-refractivity contribution >= 4 is 5.57 Å². The molecular formula is C11H15NO. The molecule has 0 spiro atoms. The average molecular weight is 177 g/mol. The first-order valence-electron chi connectivity index (χ1n) is 4.29. The number of nitrogens with two attached hydrogens (primary N) is 1. The van der Waals surface area contributed by atoms with Crippen molar-refractivity contribution in [3.63, 3.8) is 0 Å². The number of ether oxygens (including phenoxy) is 1. The SMILES string of the molecule is COc1ccc(/C(C)=C/CN)cc1. The number of allylic oxidation sites excluding steroid dienone is 1. The molecule has 0 saturated carbocycles. The van der Waals surface area contributed by atoms with Gasteiger partial charge in [0.05, 0.1) is 7.11 Å². The minimum Gasteiger partial charge on any atom is -0.497 e. The average Bonchev–Trinajstić information content (AvgIpc) is 2.18. The van der Waals surface area contributed by atoms with E-state index in [2.05, 4.69) is 6.92 Å². The van der Waals surface area contributed by atoms with E-state index in [1.165, 1.54) is 11.1 Å². The molecule has 0 bridgehead atoms. The second-order valence-corrected chi connectivity index (χ2v) is 2.85. The fourth-order valence-electron chi connectivity index (χ4n) is 1.15. The summed E-state index contributed by atoms with van der Waals surface area (Å²) >= 11 is 0. The maximum absolute atomic E-state index is 5.42. The molecule has 0 fully saturated rings. The van der Waals surface area contributed by atoms with E-state index < -0.39 is 0 Å². The lowest BCUT2D eigenvalue weighted by Gasteiger charge is -2.03. The van der Waals surface area contributed by atoms with E-state index in [0.29, 0.717) is 6.54 Å². The molecule has 0 atom stereocenters. The molecule has 2 heteroatoms. The van der Waals surface area contributed by atoms with Gasteiger partial charge in [-0.15, -0.1) is 0 Å². The van der Waals surface area contributed by atoms with Crippen LogP contribution in [0, 0.1) is 0 Å². The van der Waals surface area contributed by atoms with Crippen molar-refractivity contribution in [2.75, 3.05) is 13.7 Å². The third-order valence-corrected chi connectivity index (χ3v) is 1.97. The van der Waals surface area contributed by atoms with Gasteiger partial charge < -0.3 is 10.5 Å². The zero-order valence-corrected chi connectivity index (χ0v) is 8.08. The Kier molecular flexibility index (Phi) is 3.53. The van der Waals surface area contributed by atoms with Crippen molar-refractivity contribution in [3.8, 4) is 5.75 Å². The van der Waals surface area contributed by atoms with Crippen LogP contribution in [0.5, 0.6) is 5.75 Å². The summed E-state index contributed by atoms with van der Waals surface area (Å²) in [6, 6.07) is 7.95. The third-order valence-electron chi connectivity index (χ3n) is 1.97. The quantitative estimate of drug-likeness (QED) is 0.767. The normalized spacial score (nSPS) is 11.5. The minimum atomic E-state index is 0.581. The molecule has 2 N–H and O–H groups in total. The Morgan fingerprint density at radius 2 is 2.00 bits per heavy atom. The molecule has 70 valence electrons. The van der Waals surface area contributed by atoms with Crippen molar-refractivity contribution in [2.45, 2.75) is 6.92 Å². The summed E-state index contributed by atoms with van der Waals surface area (Å²) in [6.07, 6.45) is 2.00. The van der Waals surface area contributed by atoms with E-state index in [1.54, 1.807) is 7.11 Å². The van der Waals surface area contributed by atoms with Gasteiger partial charge in [-0.1, -0.05) is 18.2 Å². The molecule has 0 aliphatic heterocycles. The summed E-state index contributed by atoms with van der Waals surface area (Å²) in [5.74, 6) is 0.879. The largest absolute Gasteiger partial charge is 0.497 e. The Morgan fingerprint density at radius 3 is 2.46 bits per heavy atom. The van der Waals surface area contributed by atoms with Crippen molar-refractivity contribution in [1.82, 2.24) is 0 Å². The molecule has 1 aromatic carbocycles. The van der Waals surface area contributed by atoms with E-state index in [1.807, 2.05) is 30.3 Å². The predicted octanol–water partition coefficient (Wildman–Crippen LogP) is 2.06. The van der Waals surface area contributed by atoms with Gasteiger partial charge in [0.1, 0.15) is 5.75 Å². The van der Waals surface area contributed by atoms with Crippen molar-refractivity contribution < 1.29 is 4.74 Å². The molecular weight excluding hydrogens is 162 g/mol. The van der Waals surface area contributed by atoms with Crippen LogP contribution in [0.3, 0.4) is 0 Å². The molecule has 0 amide bonds. The second kappa shape index (κ2) is 4.67. The summed E-state index contributed by atoms with van der Waals surface area (Å²) in [7, 11) is 1.66. The van der Waals surface area contributed by atoms with Crippen LogP contribution in [0.2, 0.25) is 0 Å². The van der Waals surface area contributed by atoms with Crippen LogP contribution in [-0.2, 0) is 0 Å². The molecule has 0 unspecified atom stereocenters. The maximum atomic E-state index is 5.42. The van der Waals surface area contributed by atoms with Gasteiger partial charge in [-0.2, -0.15) is 0 Å². The molecule has 1 rings (SSSR count). The van der Waals surface area contributed by atoms with Crippen LogP contribution in [-0.4, -0.2) is 13.7 Å². The Labute approximate surface area is 79.0 Å². The third kappa shape index (κ3) is 2.60. The Hall–Kier alpha value is -1.28. The summed E-state index contributed by atoms with van der Waals surface area (Å²) in [6.45, 7) is 2.63. The highest BCUT2D eigenvalue weighted by Crippen LogP contribution is 2.17. The minimum absolute atomic E-state index is 0.581. The van der Waals surface area contributed by atoms with E-state index in [9.17, 15) is 0 Å². The lowest BCUT2D eigenvalue weighted by atomic mass is 10.1. The van der Waals surface area contributed by atoms with E-state index in [-0.39, 0.29) is 0 Å². The van der Waals surface area contributed by atoms with Gasteiger partial charge in [0.15, 0.2) is 0 Å². The molecule has 0 aliphatic rings. The number of methoxy groups -OCH3 is 1. The lowest BCUT2D eigenvalue weighted by Crippen LogP contribution is -1.94. The first kappa shape index (κ1) is 9.81. The maximum Gasteiger partial charge on any atom is 0.118 e. The van der Waals surface area contributed by atoms with E-state index >= 15 is 0 Å². The van der Waals surface area contributed by atoms with Crippen LogP contribution < -0.4 is 10.5 Å². The van der Waals surface area contributed by atoms with Gasteiger partial charge in [0, 0.05) is 6.54 Å². The van der Waals surface area contributed by atoms with E-state index in [4.69, 9.17) is 10.5 Å². The van der Waals surface area contributed by atoms with Crippen LogP contribution in [0.15, 0.2) is 30.3 Å². The smallest absolute Gasteiger partial charge is 0.118 e. The van der Waals surface area contributed by atoms with Gasteiger partial charge >= 0.3 is 0 Å². The van der Waals surface area contributed by atoms with Crippen LogP contribution in [0.4, 0.5) is 0 Å². The molecule has 0 aromatic heterocycles. The van der Waals surface area contributed by atoms with Crippen LogP contribution in [0.25, 0.3) is 5.57 Å². The van der Waals surface area contributed by atoms with Gasteiger partial charge in [-0.25, -0.2) is 0 Å². The number of hydrogen-bond donors (Lipinski definition) is 1. The highest BCUT2D eigenvalue weighted by atomic mass is 16.5. The molecule has 0 saturated heterocycles. The first-order valence-corrected chi connectivity index (χ1v) is 4.29. The molecule has 1 aromatic rings. The van der Waals surface area contributed by atoms with Crippen molar-refractivity contribution in [1.29, 1.82) is 0 Å². The monoisotopic (exact) mass is 177 g/mol. The zero-order chi connectivity index (χ0) is 9.68. The highest BCUT2D eigenvalue weighted by Gasteiger charge is 1.94. The molecule has 13 heavy (non-hydrogen) atoms. The highest BCUT2D eigenvalue weighted by molar-refractivity contribution is 5.64. The van der Waals surface area contributed by atoms with Gasteiger partial charge in [-0.05, 0) is 30.2 Å². The zero-order valence-electron chi connectivity index (χ0n) is 8.08. The predicted molar refractivity (Wildman–Crippen MR) is 55.7 cm³/mol. The Morgan fingerprint density at radius 1 is 1.38 bits per heavy atom. The summed E-state index contributed by atoms with van der Waals surface area (Å²) in [4.78, 5) is 0. The summed E-state index contributed by atoms with van der Waals surface area (Å²) in [5.41, 5.74) is 7.81. The first-order chi connectivity index (χ1) is 6.27. The fourth-order valence-corrected chi connectivity index (χ4v) is 1.15. The topological polar surface area (TPSA) is 35.2 Å². The summed E-state index contributed by atoms with van der Waals surface area (Å²) < 4.78 is 5.06. The van der Waals surface area contributed by atoms with Gasteiger partial charge in [-0.3, -0.25) is 0 Å². The fraction of sp³-hybridized carbons (Fsp3) is 0.273. The number of benzene rings is 1. The van der Waals surface area contributed by atoms with E-state index in [0.717, 1.165) is 5.75 Å². The second-order valence-electron chi connectivity index (χ2n) is 2.85. The Bertz CT molecular complexity index is 287. The van der Waals surface area contributed by atoms with Gasteiger partial charge in [0.25, 0.3) is 0 Å². The van der Waals surface area contributed by atoms with Crippen LogP contribution >= 0.6 is 0 Å². The van der Waals surface area contributed by atoms with Gasteiger partial charge in [0.2, 0.25) is 0 Å². The standard InChI is InChI=1S/C11H15NO/c1-9(7-8-12)10-3-5-11(13-2)6-4-10/h3-7H,8,12H2,1-2H3/b9-7+. The summed E-state index contributed by atoms with van der Waals surface area (Å²) in [5, 5.41) is 0. The van der Waals surface area contributed by atoms with Crippen molar-refractivity contribution in [3.05, 3.63) is 35.9 Å². The lowest BCUT2D eigenvalue weighted by molar-refractivity contribution is 0.415. The molecule has 0 heterocycles. The molecule has 0 aliphatic carbocycles. The van der Waals surface area contributed by atoms with Crippen LogP contribution in [0.1, 0.15) is 12.5 Å². The number of hydrogen-bond acceptors (Lipinski definition) is 2. The molecule has 2 nitrogen and oxygen atoms in total. The van der Waals surface area contributed by atoms with Crippen molar-refractivity contribution in [2.24, 2.45) is 5.73 Å². The molecule has 0 radical (unpaired) electrons. The number of rotatable bonds is 3. The Balaban J connectivity index is 2.85.